The number of nitrogens with zero attached hydrogens (tertiary/aromatic N) is 1. The van der Waals surface area contributed by atoms with Gasteiger partial charge in [-0.15, -0.1) is 11.3 Å². The molecule has 3 aromatic rings. The quantitative estimate of drug-likeness (QED) is 0.469. The van der Waals surface area contributed by atoms with Gasteiger partial charge in [-0.1, -0.05) is 68.9 Å². The number of phenols is 1. The maximum absolute atomic E-state index is 10.5. The van der Waals surface area contributed by atoms with Crippen LogP contribution in [0.3, 0.4) is 0 Å². The summed E-state index contributed by atoms with van der Waals surface area (Å²) in [6.07, 6.45) is 12.4. The average Bonchev–Trinajstić information content (AvgIpc) is 3.09. The van der Waals surface area contributed by atoms with E-state index in [2.05, 4.69) is 17.5 Å². The van der Waals surface area contributed by atoms with Crippen molar-refractivity contribution >= 4 is 27.1 Å². The SMILES string of the molecule is N#Cc1c(NCc2c(O)ccc3ccccc23)sc2c1CCCCCCCCCC2. The summed E-state index contributed by atoms with van der Waals surface area (Å²) >= 11 is 1.75. The fourth-order valence-electron chi connectivity index (χ4n) is 4.55. The Hall–Kier alpha value is -2.51. The number of nitriles is 1. The molecule has 0 bridgehead atoms. The lowest BCUT2D eigenvalue weighted by Gasteiger charge is -2.11. The van der Waals surface area contributed by atoms with Crippen LogP contribution in [0, 0.1) is 11.3 Å². The molecule has 0 radical (unpaired) electrons. The molecule has 30 heavy (non-hydrogen) atoms. The van der Waals surface area contributed by atoms with E-state index in [1.165, 1.54) is 61.8 Å². The average molecular weight is 419 g/mol. The first-order chi connectivity index (χ1) is 14.8. The maximum Gasteiger partial charge on any atom is 0.121 e. The molecule has 0 amide bonds. The third kappa shape index (κ3) is 4.63. The number of nitrogens with one attached hydrogen (secondary N) is 1. The Bertz CT molecular complexity index is 1050. The molecule has 0 saturated heterocycles. The van der Waals surface area contributed by atoms with Crippen LogP contribution in [0.1, 0.15) is 72.9 Å². The Morgan fingerprint density at radius 1 is 0.900 bits per heavy atom. The van der Waals surface area contributed by atoms with Gasteiger partial charge in [0.25, 0.3) is 0 Å². The van der Waals surface area contributed by atoms with Crippen molar-refractivity contribution in [3.63, 3.8) is 0 Å². The predicted molar refractivity (Wildman–Crippen MR) is 126 cm³/mol. The highest BCUT2D eigenvalue weighted by Gasteiger charge is 2.18. The van der Waals surface area contributed by atoms with Crippen LogP contribution in [0.5, 0.6) is 5.75 Å². The van der Waals surface area contributed by atoms with E-state index in [0.29, 0.717) is 12.3 Å². The lowest BCUT2D eigenvalue weighted by atomic mass is 9.98. The third-order valence-corrected chi connectivity index (χ3v) is 7.47. The van der Waals surface area contributed by atoms with E-state index < -0.39 is 0 Å². The third-order valence-electron chi connectivity index (χ3n) is 6.22. The summed E-state index contributed by atoms with van der Waals surface area (Å²) in [6.45, 7) is 0.515. The van der Waals surface area contributed by atoms with Gasteiger partial charge in [-0.25, -0.2) is 0 Å². The number of rotatable bonds is 3. The molecule has 1 aliphatic carbocycles. The number of aryl methyl sites for hydroxylation is 1. The predicted octanol–water partition coefficient (Wildman–Crippen LogP) is 7.31. The highest BCUT2D eigenvalue weighted by atomic mass is 32.1. The van der Waals surface area contributed by atoms with Crippen molar-refractivity contribution in [2.24, 2.45) is 0 Å². The highest BCUT2D eigenvalue weighted by Crippen LogP contribution is 2.37. The van der Waals surface area contributed by atoms with E-state index in [4.69, 9.17) is 0 Å². The van der Waals surface area contributed by atoms with Gasteiger partial charge in [0.05, 0.1) is 5.56 Å². The molecule has 0 saturated carbocycles. The number of aromatic hydroxyl groups is 1. The summed E-state index contributed by atoms with van der Waals surface area (Å²) in [6, 6.07) is 14.3. The van der Waals surface area contributed by atoms with Crippen LogP contribution < -0.4 is 5.32 Å². The van der Waals surface area contributed by atoms with Crippen molar-refractivity contribution in [3.8, 4) is 11.8 Å². The van der Waals surface area contributed by atoms with Crippen LogP contribution in [0.4, 0.5) is 5.00 Å². The lowest BCUT2D eigenvalue weighted by Crippen LogP contribution is -2.01. The summed E-state index contributed by atoms with van der Waals surface area (Å²) < 4.78 is 0. The van der Waals surface area contributed by atoms with Gasteiger partial charge >= 0.3 is 0 Å². The summed E-state index contributed by atoms with van der Waals surface area (Å²) in [7, 11) is 0. The molecule has 4 heteroatoms. The van der Waals surface area contributed by atoms with Crippen molar-refractivity contribution in [1.82, 2.24) is 0 Å². The zero-order chi connectivity index (χ0) is 20.8. The summed E-state index contributed by atoms with van der Waals surface area (Å²) in [5.74, 6) is 0.301. The lowest BCUT2D eigenvalue weighted by molar-refractivity contribution is 0.470. The Morgan fingerprint density at radius 3 is 2.37 bits per heavy atom. The number of anilines is 1. The van der Waals surface area contributed by atoms with Gasteiger partial charge in [0.2, 0.25) is 0 Å². The monoisotopic (exact) mass is 418 g/mol. The van der Waals surface area contributed by atoms with Crippen LogP contribution in [-0.2, 0) is 19.4 Å². The Labute approximate surface area is 183 Å². The molecular formula is C26H30N2OS. The Kier molecular flexibility index (Phi) is 6.92. The second-order valence-electron chi connectivity index (χ2n) is 8.29. The molecule has 0 aliphatic heterocycles. The Morgan fingerprint density at radius 2 is 1.60 bits per heavy atom. The largest absolute Gasteiger partial charge is 0.508 e. The summed E-state index contributed by atoms with van der Waals surface area (Å²) in [5, 5.41) is 27.0. The number of thiophene rings is 1. The van der Waals surface area contributed by atoms with Gasteiger partial charge in [0, 0.05) is 17.0 Å². The molecule has 0 unspecified atom stereocenters. The second-order valence-corrected chi connectivity index (χ2v) is 9.39. The molecule has 156 valence electrons. The van der Waals surface area contributed by atoms with E-state index in [1.807, 2.05) is 24.3 Å². The molecule has 0 spiro atoms. The number of hydrogen-bond donors (Lipinski definition) is 2. The van der Waals surface area contributed by atoms with Gasteiger partial charge in [-0.2, -0.15) is 5.26 Å². The molecule has 4 rings (SSSR count). The fraction of sp³-hybridized carbons (Fsp3) is 0.423. The first-order valence-corrected chi connectivity index (χ1v) is 12.1. The molecule has 2 aromatic carbocycles. The maximum atomic E-state index is 10.5. The van der Waals surface area contributed by atoms with Crippen LogP contribution >= 0.6 is 11.3 Å². The first kappa shape index (κ1) is 20.8. The van der Waals surface area contributed by atoms with Crippen LogP contribution in [0.15, 0.2) is 36.4 Å². The molecular weight excluding hydrogens is 388 g/mol. The van der Waals surface area contributed by atoms with Gasteiger partial charge in [-0.3, -0.25) is 0 Å². The van der Waals surface area contributed by atoms with Gasteiger partial charge in [0.15, 0.2) is 0 Å². The number of benzene rings is 2. The topological polar surface area (TPSA) is 56.0 Å². The highest BCUT2D eigenvalue weighted by molar-refractivity contribution is 7.16. The van der Waals surface area contributed by atoms with Crippen molar-refractivity contribution in [2.45, 2.75) is 70.8 Å². The van der Waals surface area contributed by atoms with Crippen molar-refractivity contribution < 1.29 is 5.11 Å². The normalized spacial score (nSPS) is 15.6. The Balaban J connectivity index is 1.60. The first-order valence-electron chi connectivity index (χ1n) is 11.3. The molecule has 1 aliphatic rings. The fourth-order valence-corrected chi connectivity index (χ4v) is 5.78. The van der Waals surface area contributed by atoms with Crippen LogP contribution in [0.25, 0.3) is 10.8 Å². The van der Waals surface area contributed by atoms with E-state index in [1.54, 1.807) is 17.4 Å². The van der Waals surface area contributed by atoms with Gasteiger partial charge in [-0.05, 0) is 48.1 Å². The van der Waals surface area contributed by atoms with E-state index in [-0.39, 0.29) is 0 Å². The number of phenolic OH excluding ortho intramolecular Hbond substituents is 1. The van der Waals surface area contributed by atoms with Crippen LogP contribution in [-0.4, -0.2) is 5.11 Å². The zero-order valence-corrected chi connectivity index (χ0v) is 18.4. The van der Waals surface area contributed by atoms with Gasteiger partial charge in [0.1, 0.15) is 16.8 Å². The van der Waals surface area contributed by atoms with Gasteiger partial charge < -0.3 is 10.4 Å². The molecule has 0 atom stereocenters. The van der Waals surface area contributed by atoms with E-state index in [0.717, 1.165) is 39.7 Å². The minimum Gasteiger partial charge on any atom is -0.508 e. The standard InChI is InChI=1S/C26H30N2OS/c27-17-22-21-13-7-5-3-1-2-4-6-8-14-25(21)30-26(22)28-18-23-20-12-10-9-11-19(20)15-16-24(23)29/h9-12,15-16,28-29H,1-8,13-14,18H2. The van der Waals surface area contributed by atoms with Crippen molar-refractivity contribution in [3.05, 3.63) is 58.0 Å². The van der Waals surface area contributed by atoms with Crippen molar-refractivity contribution in [2.75, 3.05) is 5.32 Å². The summed E-state index contributed by atoms with van der Waals surface area (Å²) in [5.41, 5.74) is 2.99. The minimum atomic E-state index is 0.301. The number of fused-ring (bicyclic) bond motifs is 2. The molecule has 3 nitrogen and oxygen atoms in total. The molecule has 0 fully saturated rings. The molecule has 1 aromatic heterocycles. The number of hydrogen-bond acceptors (Lipinski definition) is 4. The van der Waals surface area contributed by atoms with Crippen molar-refractivity contribution in [1.29, 1.82) is 5.26 Å². The van der Waals surface area contributed by atoms with E-state index >= 15 is 0 Å². The zero-order valence-electron chi connectivity index (χ0n) is 17.5. The second kappa shape index (κ2) is 10.00. The minimum absolute atomic E-state index is 0.301. The summed E-state index contributed by atoms with van der Waals surface area (Å²) in [4.78, 5) is 1.39. The smallest absolute Gasteiger partial charge is 0.121 e. The molecule has 1 heterocycles. The molecule has 2 N–H and O–H groups in total. The van der Waals surface area contributed by atoms with Crippen LogP contribution in [0.2, 0.25) is 0 Å². The van der Waals surface area contributed by atoms with E-state index in [9.17, 15) is 10.4 Å².